The van der Waals surface area contributed by atoms with E-state index in [-0.39, 0.29) is 18.8 Å². The predicted octanol–water partition coefficient (Wildman–Crippen LogP) is 5.04. The summed E-state index contributed by atoms with van der Waals surface area (Å²) < 4.78 is 11.9. The van der Waals surface area contributed by atoms with Gasteiger partial charge in [0.1, 0.15) is 6.79 Å². The lowest BCUT2D eigenvalue weighted by Crippen LogP contribution is -2.16. The van der Waals surface area contributed by atoms with Crippen molar-refractivity contribution in [2.24, 2.45) is 0 Å². The summed E-state index contributed by atoms with van der Waals surface area (Å²) in [6.07, 6.45) is -0.152. The molecule has 0 N–H and O–H groups in total. The van der Waals surface area contributed by atoms with E-state index in [9.17, 15) is 0 Å². The molecule has 2 rings (SSSR count). The second-order valence-electron chi connectivity index (χ2n) is 4.74. The molecule has 2 aromatic rings. The van der Waals surface area contributed by atoms with Crippen molar-refractivity contribution in [1.82, 2.24) is 0 Å². The van der Waals surface area contributed by atoms with Gasteiger partial charge in [0, 0.05) is 13.0 Å². The van der Waals surface area contributed by atoms with Gasteiger partial charge in [-0.2, -0.15) is 0 Å². The van der Waals surface area contributed by atoms with E-state index in [1.807, 2.05) is 36.4 Å². The van der Waals surface area contributed by atoms with Crippen molar-refractivity contribution in [3.63, 3.8) is 0 Å². The van der Waals surface area contributed by atoms with Crippen LogP contribution in [-0.2, 0) is 9.47 Å². The van der Waals surface area contributed by atoms with Crippen LogP contribution in [0.4, 0.5) is 0 Å². The van der Waals surface area contributed by atoms with Gasteiger partial charge >= 0.3 is 0 Å². The fraction of sp³-hybridized carbons (Fsp3) is 0.222. The summed E-state index contributed by atoms with van der Waals surface area (Å²) in [5, 5.41) is 0. The molecule has 21 heavy (non-hydrogen) atoms. The first-order chi connectivity index (χ1) is 10.2. The van der Waals surface area contributed by atoms with Gasteiger partial charge in [-0.25, -0.2) is 0 Å². The average Bonchev–Trinajstić information content (AvgIpc) is 2.52. The number of benzene rings is 2. The van der Waals surface area contributed by atoms with Gasteiger partial charge in [0.25, 0.3) is 0 Å². The molecule has 0 bridgehead atoms. The molecule has 0 saturated heterocycles. The van der Waals surface area contributed by atoms with Crippen LogP contribution in [0.15, 0.2) is 71.7 Å². The first kappa shape index (κ1) is 16.0. The van der Waals surface area contributed by atoms with Crippen molar-refractivity contribution in [3.8, 4) is 0 Å². The van der Waals surface area contributed by atoms with Gasteiger partial charge in [-0.1, -0.05) is 83.2 Å². The van der Waals surface area contributed by atoms with Crippen molar-refractivity contribution >= 4 is 15.9 Å². The lowest BCUT2D eigenvalue weighted by molar-refractivity contribution is -0.0781. The predicted molar refractivity (Wildman–Crippen MR) is 89.4 cm³/mol. The highest BCUT2D eigenvalue weighted by atomic mass is 79.9. The molecule has 0 aliphatic rings. The van der Waals surface area contributed by atoms with Crippen LogP contribution >= 0.6 is 15.9 Å². The molecule has 0 heterocycles. The van der Waals surface area contributed by atoms with Crippen LogP contribution in [0, 0.1) is 0 Å². The third-order valence-corrected chi connectivity index (χ3v) is 3.79. The Morgan fingerprint density at radius 2 is 1.52 bits per heavy atom. The van der Waals surface area contributed by atoms with Gasteiger partial charge < -0.3 is 9.47 Å². The third-order valence-electron chi connectivity index (χ3n) is 3.29. The Morgan fingerprint density at radius 1 is 1.00 bits per heavy atom. The zero-order chi connectivity index (χ0) is 15.1. The molecule has 2 atom stereocenters. The molecule has 0 unspecified atom stereocenters. The topological polar surface area (TPSA) is 18.5 Å². The summed E-state index contributed by atoms with van der Waals surface area (Å²) in [5.41, 5.74) is 2.26. The number of ether oxygens (including phenoxy) is 2. The Labute approximate surface area is 134 Å². The summed E-state index contributed by atoms with van der Waals surface area (Å²) in [4.78, 5) is 0. The first-order valence-electron chi connectivity index (χ1n) is 6.78. The van der Waals surface area contributed by atoms with Crippen molar-refractivity contribution in [3.05, 3.63) is 82.9 Å². The molecule has 0 aliphatic carbocycles. The maximum absolute atomic E-state index is 5.94. The molecule has 0 aliphatic heterocycles. The SMILES string of the molecule is C=C(Br)[C@H](c1ccccc1)[C@H](OCOC)c1ccccc1. The van der Waals surface area contributed by atoms with E-state index in [0.717, 1.165) is 15.6 Å². The molecular weight excluding hydrogens is 328 g/mol. The largest absolute Gasteiger partial charge is 0.359 e. The van der Waals surface area contributed by atoms with E-state index in [0.29, 0.717) is 0 Å². The van der Waals surface area contributed by atoms with E-state index in [4.69, 9.17) is 9.47 Å². The Bertz CT molecular complexity index is 554. The fourth-order valence-electron chi connectivity index (χ4n) is 2.35. The highest BCUT2D eigenvalue weighted by molar-refractivity contribution is 9.11. The zero-order valence-corrected chi connectivity index (χ0v) is 13.6. The maximum Gasteiger partial charge on any atom is 0.147 e. The van der Waals surface area contributed by atoms with Crippen molar-refractivity contribution in [1.29, 1.82) is 0 Å². The van der Waals surface area contributed by atoms with Crippen LogP contribution in [-0.4, -0.2) is 13.9 Å². The normalized spacial score (nSPS) is 13.6. The molecule has 3 heteroatoms. The molecule has 0 amide bonds. The van der Waals surface area contributed by atoms with Crippen molar-refractivity contribution < 1.29 is 9.47 Å². The third kappa shape index (κ3) is 4.27. The van der Waals surface area contributed by atoms with Gasteiger partial charge in [0.05, 0.1) is 6.10 Å². The fourth-order valence-corrected chi connectivity index (χ4v) is 2.85. The van der Waals surface area contributed by atoms with Gasteiger partial charge in [-0.3, -0.25) is 0 Å². The molecule has 2 aromatic carbocycles. The molecule has 0 saturated carbocycles. The summed E-state index contributed by atoms with van der Waals surface area (Å²) in [7, 11) is 1.63. The van der Waals surface area contributed by atoms with Crippen molar-refractivity contribution in [2.75, 3.05) is 13.9 Å². The van der Waals surface area contributed by atoms with Crippen LogP contribution in [0.5, 0.6) is 0 Å². The van der Waals surface area contributed by atoms with Gasteiger partial charge in [0.2, 0.25) is 0 Å². The molecule has 0 aromatic heterocycles. The van der Waals surface area contributed by atoms with E-state index in [1.54, 1.807) is 7.11 Å². The summed E-state index contributed by atoms with van der Waals surface area (Å²) >= 11 is 3.55. The van der Waals surface area contributed by atoms with Crippen LogP contribution in [0.25, 0.3) is 0 Å². The monoisotopic (exact) mass is 346 g/mol. The highest BCUT2D eigenvalue weighted by Gasteiger charge is 2.27. The molecule has 0 fully saturated rings. The molecule has 0 spiro atoms. The van der Waals surface area contributed by atoms with Crippen molar-refractivity contribution in [2.45, 2.75) is 12.0 Å². The number of hydrogen-bond acceptors (Lipinski definition) is 2. The number of halogens is 1. The lowest BCUT2D eigenvalue weighted by atomic mass is 9.89. The van der Waals surface area contributed by atoms with E-state index in [1.165, 1.54) is 0 Å². The Hall–Kier alpha value is -1.42. The average molecular weight is 347 g/mol. The first-order valence-corrected chi connectivity index (χ1v) is 7.58. The summed E-state index contributed by atoms with van der Waals surface area (Å²) in [6.45, 7) is 4.32. The second kappa shape index (κ2) is 8.13. The van der Waals surface area contributed by atoms with Crippen LogP contribution in [0.2, 0.25) is 0 Å². The standard InChI is InChI=1S/C18H19BrO2/c1-14(19)17(15-9-5-3-6-10-15)18(21-13-20-2)16-11-7-4-8-12-16/h3-12,17-18H,1,13H2,2H3/t17-,18-/m1/s1. The van der Waals surface area contributed by atoms with Crippen LogP contribution < -0.4 is 0 Å². The highest BCUT2D eigenvalue weighted by Crippen LogP contribution is 2.40. The van der Waals surface area contributed by atoms with E-state index in [2.05, 4.69) is 46.8 Å². The van der Waals surface area contributed by atoms with E-state index >= 15 is 0 Å². The zero-order valence-electron chi connectivity index (χ0n) is 12.0. The Kier molecular flexibility index (Phi) is 6.18. The van der Waals surface area contributed by atoms with Gasteiger partial charge in [-0.15, -0.1) is 0 Å². The number of rotatable bonds is 7. The van der Waals surface area contributed by atoms with Gasteiger partial charge in [0.15, 0.2) is 0 Å². The Balaban J connectivity index is 2.38. The smallest absolute Gasteiger partial charge is 0.147 e. The molecule has 0 radical (unpaired) electrons. The molecular formula is C18H19BrO2. The van der Waals surface area contributed by atoms with Crippen LogP contribution in [0.3, 0.4) is 0 Å². The number of methoxy groups -OCH3 is 1. The summed E-state index contributed by atoms with van der Waals surface area (Å²) in [6, 6.07) is 20.4. The van der Waals surface area contributed by atoms with Crippen LogP contribution in [0.1, 0.15) is 23.1 Å². The Morgan fingerprint density at radius 3 is 2.00 bits per heavy atom. The lowest BCUT2D eigenvalue weighted by Gasteiger charge is -2.27. The minimum absolute atomic E-state index is 0.0174. The maximum atomic E-state index is 5.94. The molecule has 2 nitrogen and oxygen atoms in total. The minimum Gasteiger partial charge on any atom is -0.359 e. The number of hydrogen-bond donors (Lipinski definition) is 0. The quantitative estimate of drug-likeness (QED) is 0.653. The summed E-state index contributed by atoms with van der Waals surface area (Å²) in [5.74, 6) is 0.0174. The molecule has 110 valence electrons. The second-order valence-corrected chi connectivity index (χ2v) is 5.76. The van der Waals surface area contributed by atoms with E-state index < -0.39 is 0 Å². The van der Waals surface area contributed by atoms with Gasteiger partial charge in [-0.05, 0) is 15.6 Å². The minimum atomic E-state index is -0.152.